The summed E-state index contributed by atoms with van der Waals surface area (Å²) in [5.41, 5.74) is 0.414. The van der Waals surface area contributed by atoms with Crippen molar-refractivity contribution in [2.75, 3.05) is 20.8 Å². The van der Waals surface area contributed by atoms with Gasteiger partial charge in [0.2, 0.25) is 5.79 Å². The van der Waals surface area contributed by atoms with Crippen molar-refractivity contribution >= 4 is 11.8 Å². The van der Waals surface area contributed by atoms with Crippen LogP contribution in [0, 0.1) is 17.8 Å². The Balaban J connectivity index is 1.93. The molecule has 3 aliphatic carbocycles. The van der Waals surface area contributed by atoms with Crippen molar-refractivity contribution in [2.24, 2.45) is 17.8 Å². The van der Waals surface area contributed by atoms with Crippen LogP contribution in [-0.4, -0.2) is 44.5 Å². The van der Waals surface area contributed by atoms with E-state index < -0.39 is 23.6 Å². The summed E-state index contributed by atoms with van der Waals surface area (Å²) in [6, 6.07) is 0. The average molecular weight is 278 g/mol. The third kappa shape index (κ3) is 1.17. The van der Waals surface area contributed by atoms with Gasteiger partial charge in [-0.2, -0.15) is 0 Å². The van der Waals surface area contributed by atoms with Crippen molar-refractivity contribution in [1.82, 2.24) is 0 Å². The SMILES string of the molecule is COC(=O)C1=CC2C(=O)C3(OC)OCC4=C[C@@H]2C(O4)C13. The van der Waals surface area contributed by atoms with Gasteiger partial charge in [0.25, 0.3) is 0 Å². The average Bonchev–Trinajstić information content (AvgIpc) is 2.83. The lowest BCUT2D eigenvalue weighted by atomic mass is 9.60. The highest BCUT2D eigenvalue weighted by Crippen LogP contribution is 2.56. The third-order valence-corrected chi connectivity index (χ3v) is 4.69. The summed E-state index contributed by atoms with van der Waals surface area (Å²) in [6.07, 6.45) is 3.33. The largest absolute Gasteiger partial charge is 0.491 e. The summed E-state index contributed by atoms with van der Waals surface area (Å²) >= 11 is 0. The number of allylic oxidation sites excluding steroid dienone is 1. The standard InChI is InChI=1S/C14H14O6/c1-17-13(16)9-4-8-7-3-6-5-19-14(18-2,12(8)15)10(9)11(7)20-6/h3-4,7-8,10-11H,5H2,1-2H3/t7-,8?,10?,11?,14?/m0/s1. The van der Waals surface area contributed by atoms with Crippen LogP contribution >= 0.6 is 0 Å². The first-order valence-corrected chi connectivity index (χ1v) is 6.53. The number of fused-ring (bicyclic) bond motifs is 1. The molecule has 5 bridgehead atoms. The zero-order chi connectivity index (χ0) is 14.1. The van der Waals surface area contributed by atoms with Gasteiger partial charge in [-0.1, -0.05) is 6.08 Å². The minimum Gasteiger partial charge on any atom is -0.491 e. The van der Waals surface area contributed by atoms with E-state index in [1.165, 1.54) is 14.2 Å². The normalized spacial score (nSPS) is 43.8. The first-order chi connectivity index (χ1) is 9.62. The van der Waals surface area contributed by atoms with Crippen molar-refractivity contribution < 1.29 is 28.5 Å². The van der Waals surface area contributed by atoms with Crippen molar-refractivity contribution in [2.45, 2.75) is 11.9 Å². The van der Waals surface area contributed by atoms with Crippen molar-refractivity contribution in [3.8, 4) is 0 Å². The monoisotopic (exact) mass is 278 g/mol. The third-order valence-electron chi connectivity index (χ3n) is 4.69. The van der Waals surface area contributed by atoms with Crippen LogP contribution in [-0.2, 0) is 28.5 Å². The van der Waals surface area contributed by atoms with E-state index >= 15 is 0 Å². The predicted octanol–water partition coefficient (Wildman–Crippen LogP) is 0.186. The van der Waals surface area contributed by atoms with Crippen LogP contribution < -0.4 is 0 Å². The molecular formula is C14H14O6. The van der Waals surface area contributed by atoms with Crippen molar-refractivity contribution in [1.29, 1.82) is 0 Å². The number of hydrogen-bond acceptors (Lipinski definition) is 6. The number of esters is 1. The van der Waals surface area contributed by atoms with Crippen LogP contribution in [0.5, 0.6) is 0 Å². The van der Waals surface area contributed by atoms with E-state index in [9.17, 15) is 9.59 Å². The van der Waals surface area contributed by atoms with Gasteiger partial charge in [0.1, 0.15) is 18.5 Å². The number of ether oxygens (including phenoxy) is 4. The molecule has 0 aromatic rings. The minimum atomic E-state index is -1.43. The minimum absolute atomic E-state index is 0.0388. The number of carbonyl (C=O) groups excluding carboxylic acids is 2. The van der Waals surface area contributed by atoms with Crippen molar-refractivity contribution in [3.05, 3.63) is 23.5 Å². The molecule has 2 aliphatic heterocycles. The first-order valence-electron chi connectivity index (χ1n) is 6.53. The molecule has 2 heterocycles. The Morgan fingerprint density at radius 3 is 2.90 bits per heavy atom. The molecule has 20 heavy (non-hydrogen) atoms. The van der Waals surface area contributed by atoms with Gasteiger partial charge in [0, 0.05) is 18.6 Å². The van der Waals surface area contributed by atoms with E-state index in [4.69, 9.17) is 18.9 Å². The lowest BCUT2D eigenvalue weighted by Gasteiger charge is -2.50. The van der Waals surface area contributed by atoms with Crippen LogP contribution in [0.3, 0.4) is 0 Å². The van der Waals surface area contributed by atoms with Gasteiger partial charge in [-0.15, -0.1) is 0 Å². The number of methoxy groups -OCH3 is 2. The van der Waals surface area contributed by atoms with E-state index in [1.54, 1.807) is 6.08 Å². The number of rotatable bonds is 2. The summed E-state index contributed by atoms with van der Waals surface area (Å²) in [5.74, 6) is -2.41. The van der Waals surface area contributed by atoms with Gasteiger partial charge in [0.15, 0.2) is 5.78 Å². The summed E-state index contributed by atoms with van der Waals surface area (Å²) < 4.78 is 21.8. The molecule has 106 valence electrons. The zero-order valence-corrected chi connectivity index (χ0v) is 11.1. The smallest absolute Gasteiger partial charge is 0.334 e. The Hall–Kier alpha value is -1.66. The van der Waals surface area contributed by atoms with Gasteiger partial charge >= 0.3 is 5.97 Å². The lowest BCUT2D eigenvalue weighted by Crippen LogP contribution is -2.66. The second-order valence-electron chi connectivity index (χ2n) is 5.43. The molecule has 4 unspecified atom stereocenters. The molecule has 1 saturated heterocycles. The predicted molar refractivity (Wildman–Crippen MR) is 64.2 cm³/mol. The topological polar surface area (TPSA) is 71.1 Å². The summed E-state index contributed by atoms with van der Waals surface area (Å²) in [6.45, 7) is 0.185. The van der Waals surface area contributed by atoms with Crippen LogP contribution in [0.1, 0.15) is 0 Å². The van der Waals surface area contributed by atoms with E-state index in [0.29, 0.717) is 11.3 Å². The maximum absolute atomic E-state index is 12.7. The molecule has 5 rings (SSSR count). The van der Waals surface area contributed by atoms with E-state index in [2.05, 4.69) is 0 Å². The molecule has 6 nitrogen and oxygen atoms in total. The summed E-state index contributed by atoms with van der Waals surface area (Å²) in [7, 11) is 2.74. The molecule has 0 aromatic heterocycles. The highest BCUT2D eigenvalue weighted by molar-refractivity contribution is 6.00. The van der Waals surface area contributed by atoms with E-state index in [0.717, 1.165) is 0 Å². The molecular weight excluding hydrogens is 264 g/mol. The summed E-state index contributed by atoms with van der Waals surface area (Å²) in [4.78, 5) is 24.7. The Kier molecular flexibility index (Phi) is 2.24. The molecule has 0 amide bonds. The number of Topliss-reactive ketones (excluding diaryl/α,β-unsaturated/α-hetero) is 1. The lowest BCUT2D eigenvalue weighted by molar-refractivity contribution is -0.252. The van der Waals surface area contributed by atoms with Crippen molar-refractivity contribution in [3.63, 3.8) is 0 Å². The molecule has 0 N–H and O–H groups in total. The van der Waals surface area contributed by atoms with Gasteiger partial charge in [-0.25, -0.2) is 4.79 Å². The van der Waals surface area contributed by atoms with Gasteiger partial charge < -0.3 is 18.9 Å². The molecule has 0 radical (unpaired) electrons. The van der Waals surface area contributed by atoms with Crippen LogP contribution in [0.4, 0.5) is 0 Å². The maximum Gasteiger partial charge on any atom is 0.334 e. The summed E-state index contributed by atoms with van der Waals surface area (Å²) in [5, 5.41) is 0. The molecule has 0 spiro atoms. The Labute approximate surface area is 115 Å². The Morgan fingerprint density at radius 2 is 2.20 bits per heavy atom. The van der Waals surface area contributed by atoms with Gasteiger partial charge in [0.05, 0.1) is 18.9 Å². The van der Waals surface area contributed by atoms with Gasteiger partial charge in [-0.3, -0.25) is 4.79 Å². The first kappa shape index (κ1) is 12.1. The second-order valence-corrected chi connectivity index (χ2v) is 5.43. The Morgan fingerprint density at radius 1 is 1.40 bits per heavy atom. The molecule has 0 aromatic carbocycles. The van der Waals surface area contributed by atoms with E-state index in [1.807, 2.05) is 6.08 Å². The Bertz CT molecular complexity index is 576. The highest BCUT2D eigenvalue weighted by Gasteiger charge is 2.69. The molecule has 5 aliphatic rings. The molecule has 1 saturated carbocycles. The molecule has 5 atom stereocenters. The quantitative estimate of drug-likeness (QED) is 0.671. The maximum atomic E-state index is 12.7. The highest BCUT2D eigenvalue weighted by atomic mass is 16.7. The molecule has 2 fully saturated rings. The number of hydrogen-bond donors (Lipinski definition) is 0. The zero-order valence-electron chi connectivity index (χ0n) is 11.1. The fourth-order valence-corrected chi connectivity index (χ4v) is 3.86. The number of carbonyl (C=O) groups is 2. The number of ketones is 1. The fraction of sp³-hybridized carbons (Fsp3) is 0.571. The van der Waals surface area contributed by atoms with E-state index in [-0.39, 0.29) is 24.4 Å². The van der Waals surface area contributed by atoms with Gasteiger partial charge in [-0.05, 0) is 6.08 Å². The van der Waals surface area contributed by atoms with Crippen LogP contribution in [0.15, 0.2) is 23.5 Å². The van der Waals surface area contributed by atoms with Crippen LogP contribution in [0.25, 0.3) is 0 Å². The van der Waals surface area contributed by atoms with Crippen LogP contribution in [0.2, 0.25) is 0 Å². The second kappa shape index (κ2) is 3.71. The molecule has 6 heteroatoms. The fourth-order valence-electron chi connectivity index (χ4n) is 3.86.